The lowest BCUT2D eigenvalue weighted by molar-refractivity contribution is 1.26. The number of halogens is 1. The van der Waals surface area contributed by atoms with Crippen LogP contribution in [0.2, 0.25) is 0 Å². The molecule has 0 aliphatic carbocycles. The fraction of sp³-hybridized carbons (Fsp3) is 0.400. The van der Waals surface area contributed by atoms with Gasteiger partial charge < -0.3 is 0 Å². The molecule has 0 spiro atoms. The molecule has 1 heteroatoms. The lowest BCUT2D eigenvalue weighted by atomic mass is 10.4. The van der Waals surface area contributed by atoms with Crippen LogP contribution >= 0.6 is 11.6 Å². The van der Waals surface area contributed by atoms with Crippen molar-refractivity contribution in [3.8, 4) is 11.3 Å². The Hall–Kier alpha value is -0.150. The van der Waals surface area contributed by atoms with Crippen molar-refractivity contribution in [1.29, 1.82) is 0 Å². The molecular weight excluding hydrogens is 95.5 g/mol. The van der Waals surface area contributed by atoms with Gasteiger partial charge in [-0.2, -0.15) is 0 Å². The van der Waals surface area contributed by atoms with E-state index in [1.165, 1.54) is 0 Å². The van der Waals surface area contributed by atoms with Crippen LogP contribution in [0.15, 0.2) is 0 Å². The van der Waals surface area contributed by atoms with Gasteiger partial charge in [0.15, 0.2) is 0 Å². The molecule has 0 aliphatic rings. The normalized spacial score (nSPS) is 6.33. The summed E-state index contributed by atoms with van der Waals surface area (Å²) >= 11 is 5.00. The molecule has 0 heterocycles. The van der Waals surface area contributed by atoms with Gasteiger partial charge in [-0.1, -0.05) is 12.8 Å². The topological polar surface area (TPSA) is 0 Å². The first-order valence-electron chi connectivity index (χ1n) is 1.78. The molecule has 0 saturated heterocycles. The smallest absolute Gasteiger partial charge is 0.0130 e. The van der Waals surface area contributed by atoms with Gasteiger partial charge in [-0.05, 0) is 18.0 Å². The van der Waals surface area contributed by atoms with Crippen molar-refractivity contribution in [2.24, 2.45) is 0 Å². The van der Waals surface area contributed by atoms with Crippen LogP contribution in [-0.4, -0.2) is 0 Å². The van der Waals surface area contributed by atoms with Crippen molar-refractivity contribution < 1.29 is 0 Å². The third kappa shape index (κ3) is 3.85. The molecule has 0 atom stereocenters. The molecule has 0 N–H and O–H groups in total. The van der Waals surface area contributed by atoms with E-state index in [2.05, 4.69) is 11.3 Å². The molecule has 0 aromatic rings. The number of hydrogen-bond donors (Lipinski definition) is 0. The van der Waals surface area contributed by atoms with Crippen LogP contribution in [-0.2, 0) is 0 Å². The average molecular weight is 102 g/mol. The monoisotopic (exact) mass is 101 g/mol. The quantitative estimate of drug-likeness (QED) is 0.442. The van der Waals surface area contributed by atoms with Gasteiger partial charge in [0.2, 0.25) is 0 Å². The Bertz CT molecular complexity index is 65.7. The van der Waals surface area contributed by atoms with Gasteiger partial charge in [0.05, 0.1) is 0 Å². The Balaban J connectivity index is 2.79. The van der Waals surface area contributed by atoms with Crippen LogP contribution < -0.4 is 0 Å². The lowest BCUT2D eigenvalue weighted by Crippen LogP contribution is -1.57. The van der Waals surface area contributed by atoms with E-state index in [1.54, 1.807) is 0 Å². The van der Waals surface area contributed by atoms with Crippen LogP contribution in [0.25, 0.3) is 0 Å². The van der Waals surface area contributed by atoms with E-state index >= 15 is 0 Å². The van der Waals surface area contributed by atoms with Crippen molar-refractivity contribution >= 4 is 11.6 Å². The zero-order valence-electron chi connectivity index (χ0n) is 3.66. The highest BCUT2D eigenvalue weighted by atomic mass is 35.5. The third-order valence-corrected chi connectivity index (χ3v) is 0.507. The van der Waals surface area contributed by atoms with Crippen LogP contribution in [0.1, 0.15) is 13.3 Å². The van der Waals surface area contributed by atoms with Gasteiger partial charge in [0.25, 0.3) is 0 Å². The summed E-state index contributed by atoms with van der Waals surface area (Å²) in [4.78, 5) is 0. The van der Waals surface area contributed by atoms with E-state index in [-0.39, 0.29) is 0 Å². The number of hydrogen-bond acceptors (Lipinski definition) is 0. The van der Waals surface area contributed by atoms with E-state index in [9.17, 15) is 0 Å². The van der Waals surface area contributed by atoms with Crippen molar-refractivity contribution in [3.63, 3.8) is 0 Å². The van der Waals surface area contributed by atoms with Gasteiger partial charge in [0, 0.05) is 11.8 Å². The first kappa shape index (κ1) is 5.85. The second-order valence-electron chi connectivity index (χ2n) is 0.884. The van der Waals surface area contributed by atoms with Gasteiger partial charge in [0.1, 0.15) is 0 Å². The first-order valence-corrected chi connectivity index (χ1v) is 2.16. The van der Waals surface area contributed by atoms with E-state index in [0.29, 0.717) is 0 Å². The van der Waals surface area contributed by atoms with E-state index < -0.39 is 0 Å². The minimum Gasteiger partial charge on any atom is -0.0856 e. The van der Waals surface area contributed by atoms with Gasteiger partial charge >= 0.3 is 0 Å². The van der Waals surface area contributed by atoms with E-state index in [4.69, 9.17) is 11.6 Å². The maximum atomic E-state index is 5.00. The summed E-state index contributed by atoms with van der Waals surface area (Å²) in [6.07, 6.45) is 2.75. The fourth-order valence-corrected chi connectivity index (χ4v) is 0.218. The minimum absolute atomic E-state index is 0.795. The molecule has 0 nitrogen and oxygen atoms in total. The van der Waals surface area contributed by atoms with E-state index in [0.717, 1.165) is 6.42 Å². The van der Waals surface area contributed by atoms with Gasteiger partial charge in [-0.25, -0.2) is 0 Å². The molecule has 0 saturated carbocycles. The molecule has 0 bridgehead atoms. The molecule has 6 heavy (non-hydrogen) atoms. The summed E-state index contributed by atoms with van der Waals surface area (Å²) in [6, 6.07) is 0. The molecule has 0 aromatic heterocycles. The van der Waals surface area contributed by atoms with Crippen LogP contribution in [0, 0.1) is 17.7 Å². The largest absolute Gasteiger partial charge is 0.0856 e. The summed E-state index contributed by atoms with van der Waals surface area (Å²) in [6.45, 7) is 1.95. The number of unbranched alkanes of at least 4 members (excludes halogenated alkanes) is 1. The molecule has 0 unspecified atom stereocenters. The second kappa shape index (κ2) is 4.85. The molecule has 1 radical (unpaired) electrons. The van der Waals surface area contributed by atoms with Gasteiger partial charge in [-0.15, -0.1) is 0 Å². The Morgan fingerprint density at radius 1 is 1.83 bits per heavy atom. The van der Waals surface area contributed by atoms with Crippen molar-refractivity contribution in [2.75, 3.05) is 0 Å². The molecule has 0 aromatic carbocycles. The molecule has 0 amide bonds. The van der Waals surface area contributed by atoms with E-state index in [1.807, 2.05) is 13.3 Å². The highest BCUT2D eigenvalue weighted by Crippen LogP contribution is 1.78. The van der Waals surface area contributed by atoms with Crippen LogP contribution in [0.5, 0.6) is 0 Å². The molecule has 33 valence electrons. The average Bonchev–Trinajstić information content (AvgIpc) is 1.61. The lowest BCUT2D eigenvalue weighted by Gasteiger charge is -1.70. The summed E-state index contributed by atoms with van der Waals surface area (Å²) in [5.74, 6) is 2.66. The predicted octanol–water partition coefficient (Wildman–Crippen LogP) is 1.80. The summed E-state index contributed by atoms with van der Waals surface area (Å²) in [5, 5.41) is 2.26. The number of rotatable bonds is 1. The molecular formula is C5H6Cl. The standard InChI is InChI=1S/C5H6Cl/c1-2-3-4-5-6/h2H,3H2,1H3. The zero-order valence-corrected chi connectivity index (χ0v) is 4.42. The molecule has 0 aliphatic heterocycles. The first-order chi connectivity index (χ1) is 2.91. The highest BCUT2D eigenvalue weighted by molar-refractivity contribution is 6.30. The maximum absolute atomic E-state index is 5.00. The Morgan fingerprint density at radius 2 is 2.50 bits per heavy atom. The highest BCUT2D eigenvalue weighted by Gasteiger charge is 1.65. The Labute approximate surface area is 43.5 Å². The predicted molar refractivity (Wildman–Crippen MR) is 28.2 cm³/mol. The Kier molecular flexibility index (Phi) is 4.73. The molecule has 0 rings (SSSR count). The summed E-state index contributed by atoms with van der Waals surface area (Å²) < 4.78 is 0. The maximum Gasteiger partial charge on any atom is 0.0130 e. The van der Waals surface area contributed by atoms with Crippen molar-refractivity contribution in [1.82, 2.24) is 0 Å². The summed E-state index contributed by atoms with van der Waals surface area (Å²) in [5.41, 5.74) is 0. The second-order valence-corrected chi connectivity index (χ2v) is 1.07. The Morgan fingerprint density at radius 3 is 2.67 bits per heavy atom. The van der Waals surface area contributed by atoms with Gasteiger partial charge in [-0.3, -0.25) is 0 Å². The molecule has 0 fully saturated rings. The zero-order chi connectivity index (χ0) is 4.83. The fourth-order valence-electron chi connectivity index (χ4n) is 0.141. The van der Waals surface area contributed by atoms with Crippen molar-refractivity contribution in [3.05, 3.63) is 6.42 Å². The van der Waals surface area contributed by atoms with Crippen LogP contribution in [0.3, 0.4) is 0 Å². The van der Waals surface area contributed by atoms with Crippen LogP contribution in [0.4, 0.5) is 0 Å². The minimum atomic E-state index is 0.795. The van der Waals surface area contributed by atoms with Crippen molar-refractivity contribution in [2.45, 2.75) is 13.3 Å². The third-order valence-electron chi connectivity index (χ3n) is 0.373. The summed E-state index contributed by atoms with van der Waals surface area (Å²) in [7, 11) is 0. The SMILES string of the molecule is C[CH]CC#CCl.